The van der Waals surface area contributed by atoms with Gasteiger partial charge in [-0.15, -0.1) is 0 Å². The maximum Gasteiger partial charge on any atom is 0.407 e. The van der Waals surface area contributed by atoms with Crippen LogP contribution in [0.3, 0.4) is 0 Å². The predicted molar refractivity (Wildman–Crippen MR) is 211 cm³/mol. The smallest absolute Gasteiger partial charge is 0.407 e. The number of hydrogen-bond donors (Lipinski definition) is 4. The van der Waals surface area contributed by atoms with Crippen LogP contribution in [-0.2, 0) is 11.3 Å². The van der Waals surface area contributed by atoms with Gasteiger partial charge in [-0.25, -0.2) is 14.0 Å². The van der Waals surface area contributed by atoms with Gasteiger partial charge in [0.25, 0.3) is 0 Å². The van der Waals surface area contributed by atoms with Gasteiger partial charge in [0.05, 0.1) is 17.8 Å². The molecular formula is C43H44ClFN4O5. The molecule has 9 nitrogen and oxygen atoms in total. The third-order valence-electron chi connectivity index (χ3n) is 8.27. The summed E-state index contributed by atoms with van der Waals surface area (Å²) in [5.74, 6) is 0.225. The number of Topliss-reactive ketones (excluding diaryl/α,β-unsaturated/α-hetero) is 1. The van der Waals surface area contributed by atoms with Crippen molar-refractivity contribution in [3.8, 4) is 22.6 Å². The molecule has 280 valence electrons. The van der Waals surface area contributed by atoms with E-state index in [0.29, 0.717) is 33.3 Å². The summed E-state index contributed by atoms with van der Waals surface area (Å²) in [5.41, 5.74) is 3.48. The number of ketones is 1. The Hall–Kier alpha value is -5.87. The molecule has 0 aliphatic carbocycles. The first-order chi connectivity index (χ1) is 25.8. The van der Waals surface area contributed by atoms with Gasteiger partial charge in [-0.05, 0) is 81.1 Å². The first-order valence-corrected chi connectivity index (χ1v) is 18.0. The number of nitrogens with one attached hydrogen (secondary N) is 4. The van der Waals surface area contributed by atoms with Gasteiger partial charge in [0, 0.05) is 35.3 Å². The number of rotatable bonds is 14. The second-order valence-electron chi connectivity index (χ2n) is 13.7. The Morgan fingerprint density at radius 1 is 0.796 bits per heavy atom. The van der Waals surface area contributed by atoms with Crippen LogP contribution in [0.4, 0.5) is 19.7 Å². The normalized spacial score (nSPS) is 12.2. The summed E-state index contributed by atoms with van der Waals surface area (Å²) in [7, 11) is 0. The molecular weight excluding hydrogens is 707 g/mol. The second-order valence-corrected chi connectivity index (χ2v) is 14.1. The van der Waals surface area contributed by atoms with Crippen LogP contribution in [0.5, 0.6) is 11.5 Å². The molecule has 0 heterocycles. The van der Waals surface area contributed by atoms with Crippen LogP contribution in [0.1, 0.15) is 61.6 Å². The molecule has 2 unspecified atom stereocenters. The minimum atomic E-state index is -0.801. The average Bonchev–Trinajstić information content (AvgIpc) is 3.14. The number of benzene rings is 5. The first-order valence-electron chi connectivity index (χ1n) is 17.6. The third kappa shape index (κ3) is 11.6. The van der Waals surface area contributed by atoms with Crippen LogP contribution in [0.2, 0.25) is 5.02 Å². The lowest BCUT2D eigenvalue weighted by Crippen LogP contribution is -2.40. The molecule has 0 aliphatic rings. The van der Waals surface area contributed by atoms with E-state index in [1.807, 2.05) is 48.5 Å². The largest absolute Gasteiger partial charge is 0.455 e. The highest BCUT2D eigenvalue weighted by atomic mass is 35.5. The van der Waals surface area contributed by atoms with Gasteiger partial charge in [0.1, 0.15) is 17.2 Å². The maximum atomic E-state index is 14.3. The molecule has 0 radical (unpaired) electrons. The maximum absolute atomic E-state index is 14.3. The Bertz CT molecular complexity index is 2050. The summed E-state index contributed by atoms with van der Waals surface area (Å²) >= 11 is 6.41. The molecule has 3 amide bonds. The van der Waals surface area contributed by atoms with Gasteiger partial charge in [0.2, 0.25) is 0 Å². The lowest BCUT2D eigenvalue weighted by molar-refractivity contribution is 0.0523. The lowest BCUT2D eigenvalue weighted by atomic mass is 9.98. The number of alkyl carbamates (subject to hydrolysis) is 1. The van der Waals surface area contributed by atoms with E-state index in [1.54, 1.807) is 94.4 Å². The molecule has 2 atom stereocenters. The SMILES string of the molecule is CC(NC(=O)NCCC(Nc1ccc(Cl)cc1Oc1cccc(CNC(=O)OC(C)(C)C)c1)C(=O)c1ccc(-c2ccccc2)cc1)c1ccccc1F. The number of hydrogen-bond acceptors (Lipinski definition) is 6. The van der Waals surface area contributed by atoms with Crippen molar-refractivity contribution in [3.63, 3.8) is 0 Å². The van der Waals surface area contributed by atoms with Crippen molar-refractivity contribution in [2.45, 2.75) is 58.3 Å². The van der Waals surface area contributed by atoms with Gasteiger partial charge >= 0.3 is 12.1 Å². The van der Waals surface area contributed by atoms with Gasteiger partial charge in [0.15, 0.2) is 11.5 Å². The second kappa shape index (κ2) is 18.3. The summed E-state index contributed by atoms with van der Waals surface area (Å²) in [5, 5.41) is 12.1. The molecule has 5 rings (SSSR count). The zero-order chi connectivity index (χ0) is 38.7. The standard InChI is InChI=1S/C43H44ClFN4O5/c1-28(35-15-8-9-16-36(35)45)48-41(51)46-24-23-38(40(50)32-19-17-31(18-20-32)30-12-6-5-7-13-30)49-37-22-21-33(44)26-39(37)53-34-14-10-11-29(25-34)27-47-42(52)54-43(2,3)4/h5-22,25-26,28,38,49H,23-24,27H2,1-4H3,(H,47,52)(H2,46,48,51). The number of carbonyl (C=O) groups is 3. The van der Waals surface area contributed by atoms with E-state index < -0.39 is 35.6 Å². The van der Waals surface area contributed by atoms with Gasteiger partial charge in [-0.1, -0.05) is 96.5 Å². The highest BCUT2D eigenvalue weighted by molar-refractivity contribution is 6.30. The quantitative estimate of drug-likeness (QED) is 0.0840. The van der Waals surface area contributed by atoms with Crippen LogP contribution in [0.25, 0.3) is 11.1 Å². The molecule has 0 aliphatic heterocycles. The molecule has 0 saturated heterocycles. The molecule has 0 saturated carbocycles. The minimum Gasteiger partial charge on any atom is -0.455 e. The fourth-order valence-electron chi connectivity index (χ4n) is 5.63. The predicted octanol–water partition coefficient (Wildman–Crippen LogP) is 10.1. The summed E-state index contributed by atoms with van der Waals surface area (Å²) in [6.45, 7) is 7.41. The number of ether oxygens (including phenoxy) is 2. The summed E-state index contributed by atoms with van der Waals surface area (Å²) < 4.78 is 25.9. The summed E-state index contributed by atoms with van der Waals surface area (Å²) in [6.07, 6.45) is -0.332. The highest BCUT2D eigenvalue weighted by Crippen LogP contribution is 2.34. The topological polar surface area (TPSA) is 118 Å². The van der Waals surface area contributed by atoms with Crippen LogP contribution in [0.15, 0.2) is 121 Å². The Kier molecular flexibility index (Phi) is 13.3. The molecule has 0 fully saturated rings. The van der Waals surface area contributed by atoms with Crippen LogP contribution in [-0.4, -0.2) is 36.1 Å². The molecule has 0 bridgehead atoms. The van der Waals surface area contributed by atoms with E-state index >= 15 is 0 Å². The van der Waals surface area contributed by atoms with Crippen molar-refractivity contribution in [3.05, 3.63) is 149 Å². The van der Waals surface area contributed by atoms with Crippen molar-refractivity contribution in [2.75, 3.05) is 11.9 Å². The van der Waals surface area contributed by atoms with E-state index in [-0.39, 0.29) is 25.3 Å². The number of amides is 3. The molecule has 54 heavy (non-hydrogen) atoms. The number of urea groups is 1. The summed E-state index contributed by atoms with van der Waals surface area (Å²) in [6, 6.07) is 33.8. The fraction of sp³-hybridized carbons (Fsp3) is 0.233. The molecule has 0 aromatic heterocycles. The fourth-order valence-corrected chi connectivity index (χ4v) is 5.79. The van der Waals surface area contributed by atoms with Crippen molar-refractivity contribution in [1.29, 1.82) is 0 Å². The Morgan fingerprint density at radius 3 is 2.22 bits per heavy atom. The van der Waals surface area contributed by atoms with Crippen molar-refractivity contribution < 1.29 is 28.2 Å². The highest BCUT2D eigenvalue weighted by Gasteiger charge is 2.23. The molecule has 5 aromatic rings. The Morgan fingerprint density at radius 2 is 1.50 bits per heavy atom. The number of halogens is 2. The van der Waals surface area contributed by atoms with E-state index in [4.69, 9.17) is 21.1 Å². The molecule has 4 N–H and O–H groups in total. The van der Waals surface area contributed by atoms with Gasteiger partial charge in [-0.3, -0.25) is 4.79 Å². The molecule has 0 spiro atoms. The molecule has 5 aromatic carbocycles. The minimum absolute atomic E-state index is 0.123. The lowest BCUT2D eigenvalue weighted by Gasteiger charge is -2.22. The van der Waals surface area contributed by atoms with E-state index in [0.717, 1.165) is 16.7 Å². The van der Waals surface area contributed by atoms with E-state index in [2.05, 4.69) is 21.3 Å². The molecule has 11 heteroatoms. The van der Waals surface area contributed by atoms with Crippen LogP contribution < -0.4 is 26.0 Å². The Balaban J connectivity index is 1.33. The first kappa shape index (κ1) is 39.3. The van der Waals surface area contributed by atoms with Gasteiger partial charge < -0.3 is 30.7 Å². The average molecular weight is 751 g/mol. The zero-order valence-electron chi connectivity index (χ0n) is 30.6. The van der Waals surface area contributed by atoms with Crippen molar-refractivity contribution in [1.82, 2.24) is 16.0 Å². The summed E-state index contributed by atoms with van der Waals surface area (Å²) in [4.78, 5) is 39.2. The van der Waals surface area contributed by atoms with Crippen LogP contribution >= 0.6 is 11.6 Å². The van der Waals surface area contributed by atoms with Crippen molar-refractivity contribution in [2.24, 2.45) is 0 Å². The van der Waals surface area contributed by atoms with Crippen molar-refractivity contribution >= 4 is 35.2 Å². The number of anilines is 1. The van der Waals surface area contributed by atoms with Gasteiger partial charge in [-0.2, -0.15) is 0 Å². The van der Waals surface area contributed by atoms with E-state index in [1.165, 1.54) is 6.07 Å². The van der Waals surface area contributed by atoms with E-state index in [9.17, 15) is 18.8 Å². The number of carbonyl (C=O) groups excluding carboxylic acids is 3. The zero-order valence-corrected chi connectivity index (χ0v) is 31.4. The monoisotopic (exact) mass is 750 g/mol. The van der Waals surface area contributed by atoms with Crippen LogP contribution in [0, 0.1) is 5.82 Å². The Labute approximate surface area is 320 Å². The third-order valence-corrected chi connectivity index (χ3v) is 8.50.